The standard InChI is InChI=1S/C8H12O2Si/c1-11(8(9)10)7-5-3-2-4-6-7/h2-6,8-11H,1H3. The molecular formula is C8H12O2Si. The lowest BCUT2D eigenvalue weighted by Crippen LogP contribution is -2.39. The maximum atomic E-state index is 8.89. The number of aliphatic hydroxyl groups excluding tert-OH is 1. The van der Waals surface area contributed by atoms with Crippen LogP contribution in [0.4, 0.5) is 0 Å². The van der Waals surface area contributed by atoms with Crippen LogP contribution in [0.5, 0.6) is 0 Å². The molecule has 2 N–H and O–H groups in total. The van der Waals surface area contributed by atoms with Crippen molar-refractivity contribution in [3.8, 4) is 0 Å². The Labute approximate surface area is 67.7 Å². The average Bonchev–Trinajstić information content (AvgIpc) is 2.05. The van der Waals surface area contributed by atoms with Crippen molar-refractivity contribution in [2.45, 2.75) is 12.5 Å². The van der Waals surface area contributed by atoms with Gasteiger partial charge in [-0.1, -0.05) is 42.1 Å². The van der Waals surface area contributed by atoms with Gasteiger partial charge in [-0.25, -0.2) is 0 Å². The minimum atomic E-state index is -1.52. The molecular weight excluding hydrogens is 156 g/mol. The third kappa shape index (κ3) is 2.15. The van der Waals surface area contributed by atoms with E-state index in [-0.39, 0.29) is 0 Å². The van der Waals surface area contributed by atoms with E-state index >= 15 is 0 Å². The Kier molecular flexibility index (Phi) is 2.81. The zero-order valence-corrected chi connectivity index (χ0v) is 7.59. The molecule has 1 rings (SSSR count). The quantitative estimate of drug-likeness (QED) is 0.466. The lowest BCUT2D eigenvalue weighted by molar-refractivity contribution is 0.0272. The molecule has 2 nitrogen and oxygen atoms in total. The summed E-state index contributed by atoms with van der Waals surface area (Å²) in [6.45, 7) is 1.92. The molecule has 0 aromatic heterocycles. The number of hydrogen-bond donors (Lipinski definition) is 2. The third-order valence-corrected chi connectivity index (χ3v) is 4.10. The highest BCUT2D eigenvalue weighted by molar-refractivity contribution is 6.72. The van der Waals surface area contributed by atoms with E-state index in [4.69, 9.17) is 10.2 Å². The van der Waals surface area contributed by atoms with Gasteiger partial charge in [0.05, 0.1) is 0 Å². The molecule has 1 atom stereocenters. The molecule has 0 aliphatic rings. The van der Waals surface area contributed by atoms with Crippen LogP contribution in [0, 0.1) is 0 Å². The summed E-state index contributed by atoms with van der Waals surface area (Å²) in [5.41, 5.74) is 0. The van der Waals surface area contributed by atoms with Gasteiger partial charge in [0.25, 0.3) is 0 Å². The molecule has 0 saturated carbocycles. The molecule has 0 aliphatic carbocycles. The van der Waals surface area contributed by atoms with Crippen molar-refractivity contribution in [2.75, 3.05) is 0 Å². The summed E-state index contributed by atoms with van der Waals surface area (Å²) in [4.78, 5) is 0. The average molecular weight is 168 g/mol. The molecule has 0 saturated heterocycles. The van der Waals surface area contributed by atoms with Gasteiger partial charge in [0.2, 0.25) is 0 Å². The van der Waals surface area contributed by atoms with Crippen molar-refractivity contribution in [2.24, 2.45) is 0 Å². The molecule has 11 heavy (non-hydrogen) atoms. The van der Waals surface area contributed by atoms with Crippen molar-refractivity contribution in [3.63, 3.8) is 0 Å². The van der Waals surface area contributed by atoms with Crippen LogP contribution in [-0.4, -0.2) is 24.9 Å². The van der Waals surface area contributed by atoms with Crippen LogP contribution in [0.2, 0.25) is 6.55 Å². The summed E-state index contributed by atoms with van der Waals surface area (Å²) < 4.78 is 0. The number of benzene rings is 1. The largest absolute Gasteiger partial charge is 0.372 e. The summed E-state index contributed by atoms with van der Waals surface area (Å²) in [7, 11) is -1.52. The molecule has 0 bridgehead atoms. The van der Waals surface area contributed by atoms with E-state index in [9.17, 15) is 0 Å². The Morgan fingerprint density at radius 3 is 2.18 bits per heavy atom. The van der Waals surface area contributed by atoms with E-state index in [2.05, 4.69) is 0 Å². The molecule has 0 radical (unpaired) electrons. The summed E-state index contributed by atoms with van der Waals surface area (Å²) >= 11 is 0. The van der Waals surface area contributed by atoms with E-state index in [1.807, 2.05) is 36.9 Å². The second kappa shape index (κ2) is 3.66. The fraction of sp³-hybridized carbons (Fsp3) is 0.250. The first-order chi connectivity index (χ1) is 5.22. The Hall–Kier alpha value is -0.643. The second-order valence-corrected chi connectivity index (χ2v) is 5.45. The molecule has 1 aromatic carbocycles. The number of aliphatic hydroxyl groups is 2. The van der Waals surface area contributed by atoms with Gasteiger partial charge in [-0.2, -0.15) is 0 Å². The Morgan fingerprint density at radius 1 is 1.18 bits per heavy atom. The van der Waals surface area contributed by atoms with E-state index < -0.39 is 14.7 Å². The summed E-state index contributed by atoms with van der Waals surface area (Å²) in [5, 5.41) is 18.9. The van der Waals surface area contributed by atoms with Crippen molar-refractivity contribution in [1.82, 2.24) is 0 Å². The van der Waals surface area contributed by atoms with Gasteiger partial charge in [-0.05, 0) is 0 Å². The van der Waals surface area contributed by atoms with Crippen LogP contribution >= 0.6 is 0 Å². The van der Waals surface area contributed by atoms with Crippen molar-refractivity contribution in [3.05, 3.63) is 30.3 Å². The molecule has 1 aromatic rings. The predicted molar refractivity (Wildman–Crippen MR) is 47.3 cm³/mol. The first-order valence-electron chi connectivity index (χ1n) is 3.63. The normalized spacial score (nSPS) is 13.5. The molecule has 0 spiro atoms. The van der Waals surface area contributed by atoms with Crippen molar-refractivity contribution < 1.29 is 10.2 Å². The summed E-state index contributed by atoms with van der Waals surface area (Å²) in [5.74, 6) is -1.13. The smallest absolute Gasteiger partial charge is 0.136 e. The molecule has 0 fully saturated rings. The fourth-order valence-electron chi connectivity index (χ4n) is 0.929. The molecule has 3 heteroatoms. The van der Waals surface area contributed by atoms with E-state index in [0.29, 0.717) is 0 Å². The highest BCUT2D eigenvalue weighted by atomic mass is 28.3. The van der Waals surface area contributed by atoms with Crippen molar-refractivity contribution >= 4 is 14.0 Å². The highest BCUT2D eigenvalue weighted by Gasteiger charge is 2.13. The Bertz CT molecular complexity index is 211. The van der Waals surface area contributed by atoms with Gasteiger partial charge >= 0.3 is 0 Å². The number of rotatable bonds is 2. The monoisotopic (exact) mass is 168 g/mol. The SMILES string of the molecule is C[SiH](c1ccccc1)C(O)O. The lowest BCUT2D eigenvalue weighted by Gasteiger charge is -2.11. The topological polar surface area (TPSA) is 40.5 Å². The first-order valence-corrected chi connectivity index (χ1v) is 6.03. The zero-order valence-electron chi connectivity index (χ0n) is 6.44. The van der Waals surface area contributed by atoms with Crippen LogP contribution in [0.25, 0.3) is 0 Å². The summed E-state index contributed by atoms with van der Waals surface area (Å²) in [6, 6.07) is 9.64. The lowest BCUT2D eigenvalue weighted by atomic mass is 10.4. The highest BCUT2D eigenvalue weighted by Crippen LogP contribution is 1.91. The maximum absolute atomic E-state index is 8.89. The predicted octanol–water partition coefficient (Wildman–Crippen LogP) is -0.400. The fourth-order valence-corrected chi connectivity index (χ4v) is 2.10. The summed E-state index contributed by atoms with van der Waals surface area (Å²) in [6.07, 6.45) is 0. The minimum Gasteiger partial charge on any atom is -0.372 e. The van der Waals surface area contributed by atoms with Gasteiger partial charge in [-0.3, -0.25) is 0 Å². The second-order valence-electron chi connectivity index (χ2n) is 2.61. The van der Waals surface area contributed by atoms with Crippen LogP contribution in [0.3, 0.4) is 0 Å². The molecule has 1 unspecified atom stereocenters. The Morgan fingerprint density at radius 2 is 1.73 bits per heavy atom. The van der Waals surface area contributed by atoms with Crippen molar-refractivity contribution in [1.29, 1.82) is 0 Å². The van der Waals surface area contributed by atoms with Gasteiger partial charge in [0.15, 0.2) is 0 Å². The molecule has 60 valence electrons. The van der Waals surface area contributed by atoms with Gasteiger partial charge in [0, 0.05) is 0 Å². The first kappa shape index (κ1) is 8.45. The van der Waals surface area contributed by atoms with E-state index in [1.165, 1.54) is 0 Å². The van der Waals surface area contributed by atoms with E-state index in [1.54, 1.807) is 0 Å². The van der Waals surface area contributed by atoms with Gasteiger partial charge in [0.1, 0.15) is 14.7 Å². The molecule has 0 amide bonds. The van der Waals surface area contributed by atoms with E-state index in [0.717, 1.165) is 5.19 Å². The van der Waals surface area contributed by atoms with Crippen LogP contribution in [0.15, 0.2) is 30.3 Å². The van der Waals surface area contributed by atoms with Crippen LogP contribution in [-0.2, 0) is 0 Å². The Balaban J connectivity index is 2.77. The number of hydrogen-bond acceptors (Lipinski definition) is 2. The van der Waals surface area contributed by atoms with Crippen LogP contribution < -0.4 is 5.19 Å². The van der Waals surface area contributed by atoms with Gasteiger partial charge in [-0.15, -0.1) is 0 Å². The third-order valence-electron chi connectivity index (χ3n) is 1.77. The molecule has 0 heterocycles. The zero-order chi connectivity index (χ0) is 8.27. The maximum Gasteiger partial charge on any atom is 0.136 e. The van der Waals surface area contributed by atoms with Gasteiger partial charge < -0.3 is 10.2 Å². The molecule has 0 aliphatic heterocycles. The van der Waals surface area contributed by atoms with Crippen LogP contribution in [0.1, 0.15) is 0 Å². The minimum absolute atomic E-state index is 1.09.